The van der Waals surface area contributed by atoms with Crippen molar-refractivity contribution in [3.63, 3.8) is 0 Å². The Morgan fingerprint density at radius 3 is 2.73 bits per heavy atom. The molecule has 0 heterocycles. The lowest BCUT2D eigenvalue weighted by Crippen LogP contribution is -1.64. The average Bonchev–Trinajstić information content (AvgIpc) is 2.07. The average molecular weight is 163 g/mol. The summed E-state index contributed by atoms with van der Waals surface area (Å²) in [7, 11) is 0. The third-order valence-electron chi connectivity index (χ3n) is 1.21. The molecule has 0 aromatic heterocycles. The fraction of sp³-hybridized carbons (Fsp3) is 0.200. The van der Waals surface area contributed by atoms with E-state index >= 15 is 0 Å². The predicted octanol–water partition coefficient (Wildman–Crippen LogP) is 3.51. The molecule has 1 aromatic rings. The maximum atomic E-state index is 3.14. The highest BCUT2D eigenvalue weighted by molar-refractivity contribution is 8.01. The molecule has 0 aliphatic rings. The SMILES string of the molecule is CC/C=[C]\Sc1ccccc1. The zero-order chi connectivity index (χ0) is 7.94. The third kappa shape index (κ3) is 3.28. The number of hydrogen-bond acceptors (Lipinski definition) is 1. The minimum atomic E-state index is 1.06. The Hall–Kier alpha value is -0.690. The Morgan fingerprint density at radius 1 is 1.36 bits per heavy atom. The van der Waals surface area contributed by atoms with E-state index in [4.69, 9.17) is 0 Å². The smallest absolute Gasteiger partial charge is 0.0218 e. The van der Waals surface area contributed by atoms with Gasteiger partial charge in [0.1, 0.15) is 0 Å². The van der Waals surface area contributed by atoms with Crippen LogP contribution in [0.1, 0.15) is 13.3 Å². The summed E-state index contributed by atoms with van der Waals surface area (Å²) in [5.74, 6) is 0. The lowest BCUT2D eigenvalue weighted by molar-refractivity contribution is 1.22. The van der Waals surface area contributed by atoms with Gasteiger partial charge in [-0.1, -0.05) is 43.0 Å². The van der Waals surface area contributed by atoms with Gasteiger partial charge in [-0.2, -0.15) is 0 Å². The van der Waals surface area contributed by atoms with Gasteiger partial charge in [0.2, 0.25) is 0 Å². The summed E-state index contributed by atoms with van der Waals surface area (Å²) in [4.78, 5) is 1.25. The van der Waals surface area contributed by atoms with Crippen LogP contribution in [0.2, 0.25) is 0 Å². The van der Waals surface area contributed by atoms with Gasteiger partial charge < -0.3 is 0 Å². The number of hydrogen-bond donors (Lipinski definition) is 0. The van der Waals surface area contributed by atoms with Gasteiger partial charge in [-0.3, -0.25) is 0 Å². The second-order valence-electron chi connectivity index (χ2n) is 2.15. The first-order valence-corrected chi connectivity index (χ1v) is 4.54. The van der Waals surface area contributed by atoms with Crippen LogP contribution < -0.4 is 0 Å². The standard InChI is InChI=1S/C10H11S/c1-2-3-9-11-10-7-5-4-6-8-10/h3-8H,2H2,1H3. The molecule has 1 aromatic carbocycles. The van der Waals surface area contributed by atoms with Gasteiger partial charge in [-0.25, -0.2) is 0 Å². The van der Waals surface area contributed by atoms with Crippen molar-refractivity contribution in [2.24, 2.45) is 0 Å². The molecule has 0 N–H and O–H groups in total. The third-order valence-corrected chi connectivity index (χ3v) is 2.00. The largest absolute Gasteiger partial charge is 0.0893 e. The highest BCUT2D eigenvalue weighted by atomic mass is 32.2. The molecule has 1 radical (unpaired) electrons. The fourth-order valence-corrected chi connectivity index (χ4v) is 1.36. The Balaban J connectivity index is 2.45. The molecular weight excluding hydrogens is 152 g/mol. The van der Waals surface area contributed by atoms with E-state index in [9.17, 15) is 0 Å². The summed E-state index contributed by atoms with van der Waals surface area (Å²) in [6.45, 7) is 2.11. The van der Waals surface area contributed by atoms with Crippen LogP contribution in [0.3, 0.4) is 0 Å². The molecule has 11 heavy (non-hydrogen) atoms. The Morgan fingerprint density at radius 2 is 2.09 bits per heavy atom. The highest BCUT2D eigenvalue weighted by Gasteiger charge is 1.85. The Bertz CT molecular complexity index is 214. The molecule has 0 saturated heterocycles. The van der Waals surface area contributed by atoms with Crippen molar-refractivity contribution in [3.8, 4) is 0 Å². The molecule has 0 unspecified atom stereocenters. The number of allylic oxidation sites excluding steroid dienone is 1. The van der Waals surface area contributed by atoms with E-state index in [1.54, 1.807) is 11.8 Å². The normalized spacial score (nSPS) is 10.6. The molecule has 0 saturated carbocycles. The minimum absolute atomic E-state index is 1.06. The molecule has 1 heteroatoms. The first-order valence-electron chi connectivity index (χ1n) is 3.72. The summed E-state index contributed by atoms with van der Waals surface area (Å²) < 4.78 is 0. The number of thioether (sulfide) groups is 1. The monoisotopic (exact) mass is 163 g/mol. The quantitative estimate of drug-likeness (QED) is 0.614. The number of benzene rings is 1. The molecule has 57 valence electrons. The first kappa shape index (κ1) is 8.41. The van der Waals surface area contributed by atoms with E-state index < -0.39 is 0 Å². The van der Waals surface area contributed by atoms with E-state index in [2.05, 4.69) is 24.5 Å². The van der Waals surface area contributed by atoms with Crippen LogP contribution in [0.5, 0.6) is 0 Å². The Labute approximate surface area is 72.3 Å². The maximum absolute atomic E-state index is 3.14. The van der Waals surface area contributed by atoms with Crippen molar-refractivity contribution in [1.29, 1.82) is 0 Å². The first-order chi connectivity index (χ1) is 5.43. The van der Waals surface area contributed by atoms with Crippen LogP contribution in [-0.2, 0) is 0 Å². The predicted molar refractivity (Wildman–Crippen MR) is 50.4 cm³/mol. The van der Waals surface area contributed by atoms with Crippen molar-refractivity contribution in [3.05, 3.63) is 41.8 Å². The van der Waals surface area contributed by atoms with E-state index in [0.717, 1.165) is 6.42 Å². The van der Waals surface area contributed by atoms with E-state index in [1.165, 1.54) is 4.90 Å². The fourth-order valence-electron chi connectivity index (χ4n) is 0.682. The van der Waals surface area contributed by atoms with Crippen molar-refractivity contribution < 1.29 is 0 Å². The van der Waals surface area contributed by atoms with Crippen LogP contribution in [0.25, 0.3) is 0 Å². The molecule has 0 fully saturated rings. The van der Waals surface area contributed by atoms with Gasteiger partial charge >= 0.3 is 0 Å². The van der Waals surface area contributed by atoms with E-state index in [1.807, 2.05) is 24.3 Å². The zero-order valence-electron chi connectivity index (χ0n) is 6.58. The molecule has 0 spiro atoms. The van der Waals surface area contributed by atoms with Crippen molar-refractivity contribution in [1.82, 2.24) is 0 Å². The van der Waals surface area contributed by atoms with Crippen molar-refractivity contribution in [2.45, 2.75) is 18.2 Å². The summed E-state index contributed by atoms with van der Waals surface area (Å²) in [6.07, 6.45) is 3.09. The van der Waals surface area contributed by atoms with Crippen LogP contribution in [0.15, 0.2) is 41.3 Å². The molecule has 0 aliphatic heterocycles. The van der Waals surface area contributed by atoms with E-state index in [0.29, 0.717) is 0 Å². The van der Waals surface area contributed by atoms with Crippen molar-refractivity contribution in [2.75, 3.05) is 0 Å². The lowest BCUT2D eigenvalue weighted by Gasteiger charge is -1.91. The van der Waals surface area contributed by atoms with Crippen LogP contribution in [-0.4, -0.2) is 0 Å². The summed E-state index contributed by atoms with van der Waals surface area (Å²) >= 11 is 1.64. The van der Waals surface area contributed by atoms with Gasteiger partial charge in [0.25, 0.3) is 0 Å². The van der Waals surface area contributed by atoms with Gasteiger partial charge in [-0.15, -0.1) is 0 Å². The van der Waals surface area contributed by atoms with Crippen LogP contribution in [0, 0.1) is 5.41 Å². The molecule has 0 amide bonds. The topological polar surface area (TPSA) is 0 Å². The molecule has 0 aliphatic carbocycles. The second kappa shape index (κ2) is 5.03. The Kier molecular flexibility index (Phi) is 3.84. The van der Waals surface area contributed by atoms with Crippen molar-refractivity contribution >= 4 is 11.8 Å². The highest BCUT2D eigenvalue weighted by Crippen LogP contribution is 2.16. The van der Waals surface area contributed by atoms with Crippen LogP contribution >= 0.6 is 11.8 Å². The second-order valence-corrected chi connectivity index (χ2v) is 3.06. The van der Waals surface area contributed by atoms with Gasteiger partial charge in [0.05, 0.1) is 0 Å². The molecule has 0 bridgehead atoms. The lowest BCUT2D eigenvalue weighted by atomic mass is 10.4. The van der Waals surface area contributed by atoms with E-state index in [-0.39, 0.29) is 0 Å². The molecular formula is C10H11S. The van der Waals surface area contributed by atoms with Gasteiger partial charge in [0, 0.05) is 10.3 Å². The summed E-state index contributed by atoms with van der Waals surface area (Å²) in [5.41, 5.74) is 0. The minimum Gasteiger partial charge on any atom is -0.0893 e. The molecule has 0 atom stereocenters. The molecule has 1 rings (SSSR count). The van der Waals surface area contributed by atoms with Crippen LogP contribution in [0.4, 0.5) is 0 Å². The molecule has 0 nitrogen and oxygen atoms in total. The van der Waals surface area contributed by atoms with Gasteiger partial charge in [0.15, 0.2) is 0 Å². The summed E-state index contributed by atoms with van der Waals surface area (Å²) in [6, 6.07) is 10.3. The zero-order valence-corrected chi connectivity index (χ0v) is 7.40. The maximum Gasteiger partial charge on any atom is 0.0218 e. The summed E-state index contributed by atoms with van der Waals surface area (Å²) in [5, 5.41) is 3.14. The number of rotatable bonds is 3. The van der Waals surface area contributed by atoms with Gasteiger partial charge in [-0.05, 0) is 18.6 Å².